The molecule has 5 heteroatoms. The van der Waals surface area contributed by atoms with Crippen molar-refractivity contribution >= 4 is 5.97 Å². The van der Waals surface area contributed by atoms with Crippen molar-refractivity contribution in [1.29, 1.82) is 0 Å². The molecule has 86 valence electrons. The van der Waals surface area contributed by atoms with Crippen LogP contribution in [0.1, 0.15) is 10.5 Å². The molecule has 0 radical (unpaired) electrons. The van der Waals surface area contributed by atoms with Gasteiger partial charge >= 0.3 is 5.97 Å². The topological polar surface area (TPSA) is 72.2 Å². The van der Waals surface area contributed by atoms with Crippen LogP contribution in [-0.4, -0.2) is 20.6 Å². The summed E-state index contributed by atoms with van der Waals surface area (Å²) in [6.45, 7) is 0. The van der Waals surface area contributed by atoms with Crippen molar-refractivity contribution in [3.8, 4) is 11.3 Å². The Morgan fingerprint density at radius 3 is 2.71 bits per heavy atom. The van der Waals surface area contributed by atoms with E-state index in [1.54, 1.807) is 31.4 Å². The number of carbonyl (C=O) groups is 1. The first-order valence-corrected chi connectivity index (χ1v) is 4.95. The van der Waals surface area contributed by atoms with Crippen LogP contribution < -0.4 is 5.56 Å². The Morgan fingerprint density at radius 1 is 1.29 bits per heavy atom. The number of aromatic nitrogens is 2. The number of carboxylic acids is 1. The summed E-state index contributed by atoms with van der Waals surface area (Å²) >= 11 is 0. The quantitative estimate of drug-likeness (QED) is 0.839. The molecule has 0 fully saturated rings. The SMILES string of the molecule is Cn1cc(-c2cccc(C(=O)O)n2)ccc1=O. The van der Waals surface area contributed by atoms with Gasteiger partial charge in [0.15, 0.2) is 0 Å². The molecule has 2 aromatic heterocycles. The normalized spacial score (nSPS) is 10.2. The van der Waals surface area contributed by atoms with Crippen molar-refractivity contribution < 1.29 is 9.90 Å². The van der Waals surface area contributed by atoms with Crippen molar-refractivity contribution in [1.82, 2.24) is 9.55 Å². The molecule has 0 aliphatic carbocycles. The minimum Gasteiger partial charge on any atom is -0.477 e. The Bertz CT molecular complexity index is 632. The predicted octanol–water partition coefficient (Wildman–Crippen LogP) is 1.15. The Morgan fingerprint density at radius 2 is 2.06 bits per heavy atom. The van der Waals surface area contributed by atoms with E-state index in [0.717, 1.165) is 0 Å². The van der Waals surface area contributed by atoms with Gasteiger partial charge in [-0.1, -0.05) is 6.07 Å². The fourth-order valence-electron chi connectivity index (χ4n) is 1.46. The zero-order chi connectivity index (χ0) is 12.4. The first-order chi connectivity index (χ1) is 8.08. The van der Waals surface area contributed by atoms with Crippen molar-refractivity contribution in [2.75, 3.05) is 0 Å². The summed E-state index contributed by atoms with van der Waals surface area (Å²) in [7, 11) is 1.63. The molecule has 0 spiro atoms. The molecule has 2 heterocycles. The molecule has 17 heavy (non-hydrogen) atoms. The van der Waals surface area contributed by atoms with Gasteiger partial charge in [0, 0.05) is 24.9 Å². The molecule has 0 amide bonds. The second kappa shape index (κ2) is 4.21. The molecule has 2 aromatic rings. The van der Waals surface area contributed by atoms with E-state index in [2.05, 4.69) is 4.98 Å². The minimum atomic E-state index is -1.07. The summed E-state index contributed by atoms with van der Waals surface area (Å²) in [5.41, 5.74) is 1.09. The van der Waals surface area contributed by atoms with Crippen LogP contribution in [0.5, 0.6) is 0 Å². The number of pyridine rings is 2. The van der Waals surface area contributed by atoms with Crippen LogP contribution in [0, 0.1) is 0 Å². The molecule has 0 aliphatic heterocycles. The third-order valence-corrected chi connectivity index (χ3v) is 2.35. The molecule has 5 nitrogen and oxygen atoms in total. The lowest BCUT2D eigenvalue weighted by Crippen LogP contribution is -2.14. The van der Waals surface area contributed by atoms with E-state index < -0.39 is 5.97 Å². The van der Waals surface area contributed by atoms with Gasteiger partial charge in [0.25, 0.3) is 0 Å². The first kappa shape index (κ1) is 11.1. The number of nitrogens with zero attached hydrogens (tertiary/aromatic N) is 2. The zero-order valence-electron chi connectivity index (χ0n) is 9.12. The minimum absolute atomic E-state index is 0.0173. The van der Waals surface area contributed by atoms with Gasteiger partial charge in [0.2, 0.25) is 5.56 Å². The van der Waals surface area contributed by atoms with Crippen molar-refractivity contribution in [3.63, 3.8) is 0 Å². The average molecular weight is 230 g/mol. The van der Waals surface area contributed by atoms with E-state index >= 15 is 0 Å². The van der Waals surface area contributed by atoms with E-state index in [4.69, 9.17) is 5.11 Å². The monoisotopic (exact) mass is 230 g/mol. The highest BCUT2D eigenvalue weighted by molar-refractivity contribution is 5.86. The van der Waals surface area contributed by atoms with Crippen LogP contribution in [0.15, 0.2) is 41.3 Å². The second-order valence-corrected chi connectivity index (χ2v) is 3.58. The van der Waals surface area contributed by atoms with Crippen LogP contribution in [0.4, 0.5) is 0 Å². The summed E-state index contributed by atoms with van der Waals surface area (Å²) in [6.07, 6.45) is 1.62. The van der Waals surface area contributed by atoms with Crippen LogP contribution >= 0.6 is 0 Å². The van der Waals surface area contributed by atoms with Crippen LogP contribution in [0.3, 0.4) is 0 Å². The van der Waals surface area contributed by atoms with Gasteiger partial charge in [-0.15, -0.1) is 0 Å². The molecule has 0 unspecified atom stereocenters. The molecule has 0 atom stereocenters. The Balaban J connectivity index is 2.52. The van der Waals surface area contributed by atoms with Crippen molar-refractivity contribution in [3.05, 3.63) is 52.6 Å². The first-order valence-electron chi connectivity index (χ1n) is 4.95. The molecular formula is C12H10N2O3. The van der Waals surface area contributed by atoms with Gasteiger partial charge in [0.05, 0.1) is 5.69 Å². The summed E-state index contributed by atoms with van der Waals surface area (Å²) < 4.78 is 1.42. The maximum Gasteiger partial charge on any atom is 0.354 e. The fraction of sp³-hybridized carbons (Fsp3) is 0.0833. The highest BCUT2D eigenvalue weighted by atomic mass is 16.4. The van der Waals surface area contributed by atoms with Crippen LogP contribution in [0.2, 0.25) is 0 Å². The number of hydrogen-bond acceptors (Lipinski definition) is 3. The smallest absolute Gasteiger partial charge is 0.354 e. The van der Waals surface area contributed by atoms with Gasteiger partial charge in [0.1, 0.15) is 5.69 Å². The highest BCUT2D eigenvalue weighted by Gasteiger charge is 2.06. The van der Waals surface area contributed by atoms with E-state index in [1.165, 1.54) is 16.7 Å². The number of rotatable bonds is 2. The Hall–Kier alpha value is -2.43. The van der Waals surface area contributed by atoms with Gasteiger partial charge in [-0.2, -0.15) is 0 Å². The van der Waals surface area contributed by atoms with E-state index in [-0.39, 0.29) is 11.3 Å². The lowest BCUT2D eigenvalue weighted by Gasteiger charge is -2.03. The zero-order valence-corrected chi connectivity index (χ0v) is 9.12. The van der Waals surface area contributed by atoms with Gasteiger partial charge < -0.3 is 9.67 Å². The van der Waals surface area contributed by atoms with E-state index in [9.17, 15) is 9.59 Å². The summed E-state index contributed by atoms with van der Waals surface area (Å²) in [5.74, 6) is -1.07. The third kappa shape index (κ3) is 2.23. The molecule has 0 aromatic carbocycles. The summed E-state index contributed by atoms with van der Waals surface area (Å²) in [4.78, 5) is 26.0. The Kier molecular flexibility index (Phi) is 2.74. The largest absolute Gasteiger partial charge is 0.477 e. The molecule has 2 rings (SSSR count). The Labute approximate surface area is 97.0 Å². The third-order valence-electron chi connectivity index (χ3n) is 2.35. The van der Waals surface area contributed by atoms with Gasteiger partial charge in [-0.05, 0) is 18.2 Å². The summed E-state index contributed by atoms with van der Waals surface area (Å²) in [5, 5.41) is 8.84. The number of carboxylic acid groups (broad SMARTS) is 1. The van der Waals surface area contributed by atoms with Gasteiger partial charge in [-0.25, -0.2) is 9.78 Å². The predicted molar refractivity (Wildman–Crippen MR) is 61.9 cm³/mol. The maximum absolute atomic E-state index is 11.2. The molecular weight excluding hydrogens is 220 g/mol. The van der Waals surface area contributed by atoms with Gasteiger partial charge in [-0.3, -0.25) is 4.79 Å². The molecule has 0 saturated carbocycles. The molecule has 0 bridgehead atoms. The number of aromatic carboxylic acids is 1. The van der Waals surface area contributed by atoms with E-state index in [0.29, 0.717) is 11.3 Å². The highest BCUT2D eigenvalue weighted by Crippen LogP contribution is 2.15. The standard InChI is InChI=1S/C12H10N2O3/c1-14-7-8(5-6-11(14)15)9-3-2-4-10(13-9)12(16)17/h2-7H,1H3,(H,16,17). The lowest BCUT2D eigenvalue weighted by atomic mass is 10.2. The number of hydrogen-bond donors (Lipinski definition) is 1. The molecule has 0 saturated heterocycles. The lowest BCUT2D eigenvalue weighted by molar-refractivity contribution is 0.0690. The second-order valence-electron chi connectivity index (χ2n) is 3.58. The van der Waals surface area contributed by atoms with Crippen LogP contribution in [-0.2, 0) is 7.05 Å². The molecule has 1 N–H and O–H groups in total. The van der Waals surface area contributed by atoms with Crippen molar-refractivity contribution in [2.45, 2.75) is 0 Å². The number of aryl methyl sites for hydroxylation is 1. The molecule has 0 aliphatic rings. The van der Waals surface area contributed by atoms with Crippen molar-refractivity contribution in [2.24, 2.45) is 7.05 Å². The fourth-order valence-corrected chi connectivity index (χ4v) is 1.46. The average Bonchev–Trinajstić information content (AvgIpc) is 2.33. The summed E-state index contributed by atoms with van der Waals surface area (Å²) in [6, 6.07) is 7.79. The maximum atomic E-state index is 11.2. The van der Waals surface area contributed by atoms with Crippen LogP contribution in [0.25, 0.3) is 11.3 Å². The van der Waals surface area contributed by atoms with E-state index in [1.807, 2.05) is 0 Å².